The van der Waals surface area contributed by atoms with Crippen molar-refractivity contribution < 1.29 is 18.0 Å². The lowest BCUT2D eigenvalue weighted by Gasteiger charge is -2.11. The fourth-order valence-corrected chi connectivity index (χ4v) is 1.87. The van der Waals surface area contributed by atoms with E-state index >= 15 is 0 Å². The molecule has 2 nitrogen and oxygen atoms in total. The fraction of sp³-hybridized carbons (Fsp3) is 0.0588. The van der Waals surface area contributed by atoms with E-state index in [4.69, 9.17) is 5.26 Å². The highest BCUT2D eigenvalue weighted by Gasteiger charge is 2.35. The van der Waals surface area contributed by atoms with Crippen LogP contribution in [-0.2, 0) is 0 Å². The number of allylic oxidation sites excluding steroid dienone is 2. The minimum absolute atomic E-state index is 0.0722. The minimum atomic E-state index is -4.64. The van der Waals surface area contributed by atoms with Crippen LogP contribution in [0, 0.1) is 11.3 Å². The number of nitrogens with zero attached hydrogens (tertiary/aromatic N) is 1. The molecule has 0 bridgehead atoms. The zero-order chi connectivity index (χ0) is 16.2. The minimum Gasteiger partial charge on any atom is -0.289 e. The number of carbonyl (C=O) groups excluding carboxylic acids is 1. The number of halogens is 3. The lowest BCUT2D eigenvalue weighted by molar-refractivity contribution is -0.0689. The Bertz CT molecular complexity index is 738. The molecular weight excluding hydrogens is 291 g/mol. The third-order valence-corrected chi connectivity index (χ3v) is 2.96. The van der Waals surface area contributed by atoms with E-state index in [1.807, 2.05) is 6.07 Å². The standard InChI is InChI=1S/C17H10F3NO/c18-17(19,20)15(13-4-2-1-3-5-13)10-16(22)14-8-6-12(11-21)7-9-14/h1-10H/b15-10+. The molecule has 0 spiro atoms. The number of hydrogen-bond donors (Lipinski definition) is 0. The Morgan fingerprint density at radius 1 is 0.955 bits per heavy atom. The van der Waals surface area contributed by atoms with Gasteiger partial charge in [-0.2, -0.15) is 18.4 Å². The summed E-state index contributed by atoms with van der Waals surface area (Å²) in [5.74, 6) is -0.763. The van der Waals surface area contributed by atoms with Crippen LogP contribution < -0.4 is 0 Å². The normalized spacial score (nSPS) is 11.8. The van der Waals surface area contributed by atoms with Crippen LogP contribution in [0.15, 0.2) is 60.7 Å². The topological polar surface area (TPSA) is 40.9 Å². The smallest absolute Gasteiger partial charge is 0.289 e. The van der Waals surface area contributed by atoms with Crippen molar-refractivity contribution in [1.29, 1.82) is 5.26 Å². The largest absolute Gasteiger partial charge is 0.417 e. The second kappa shape index (κ2) is 6.27. The summed E-state index contributed by atoms with van der Waals surface area (Å²) >= 11 is 0. The first-order chi connectivity index (χ1) is 10.4. The Balaban J connectivity index is 2.41. The molecule has 0 N–H and O–H groups in total. The molecule has 0 aliphatic rings. The molecule has 0 fully saturated rings. The summed E-state index contributed by atoms with van der Waals surface area (Å²) in [7, 11) is 0. The summed E-state index contributed by atoms with van der Waals surface area (Å²) in [6, 6.07) is 14.4. The van der Waals surface area contributed by atoms with Crippen LogP contribution in [0.1, 0.15) is 21.5 Å². The Morgan fingerprint density at radius 2 is 1.55 bits per heavy atom. The van der Waals surface area contributed by atoms with Crippen LogP contribution in [0.5, 0.6) is 0 Å². The van der Waals surface area contributed by atoms with Gasteiger partial charge in [-0.25, -0.2) is 0 Å². The van der Waals surface area contributed by atoms with Crippen LogP contribution in [0.2, 0.25) is 0 Å². The second-order valence-electron chi connectivity index (χ2n) is 4.48. The molecular formula is C17H10F3NO. The van der Waals surface area contributed by atoms with Gasteiger partial charge in [-0.3, -0.25) is 4.79 Å². The summed E-state index contributed by atoms with van der Waals surface area (Å²) in [5, 5.41) is 8.67. The first kappa shape index (κ1) is 15.5. The van der Waals surface area contributed by atoms with Gasteiger partial charge in [0.1, 0.15) is 0 Å². The van der Waals surface area contributed by atoms with Crippen LogP contribution in [-0.4, -0.2) is 12.0 Å². The molecule has 0 aliphatic carbocycles. The van der Waals surface area contributed by atoms with Gasteiger partial charge < -0.3 is 0 Å². The Labute approximate surface area is 125 Å². The zero-order valence-corrected chi connectivity index (χ0v) is 11.3. The first-order valence-electron chi connectivity index (χ1n) is 6.30. The maximum atomic E-state index is 13.1. The van der Waals surface area contributed by atoms with Crippen molar-refractivity contribution in [3.63, 3.8) is 0 Å². The molecule has 0 radical (unpaired) electrons. The Morgan fingerprint density at radius 3 is 2.05 bits per heavy atom. The van der Waals surface area contributed by atoms with Gasteiger partial charge in [0.05, 0.1) is 17.2 Å². The van der Waals surface area contributed by atoms with E-state index in [0.29, 0.717) is 11.6 Å². The number of nitriles is 1. The van der Waals surface area contributed by atoms with Crippen LogP contribution in [0.3, 0.4) is 0 Å². The molecule has 5 heteroatoms. The summed E-state index contributed by atoms with van der Waals surface area (Å²) in [4.78, 5) is 12.0. The molecule has 110 valence electrons. The van der Waals surface area contributed by atoms with Crippen molar-refractivity contribution in [2.24, 2.45) is 0 Å². The third kappa shape index (κ3) is 3.61. The van der Waals surface area contributed by atoms with E-state index in [2.05, 4.69) is 0 Å². The Kier molecular flexibility index (Phi) is 4.42. The van der Waals surface area contributed by atoms with Gasteiger partial charge in [0.25, 0.3) is 0 Å². The highest BCUT2D eigenvalue weighted by molar-refractivity contribution is 6.09. The molecule has 0 unspecified atom stereocenters. The van der Waals surface area contributed by atoms with Gasteiger partial charge in [-0.1, -0.05) is 30.3 Å². The fourth-order valence-electron chi connectivity index (χ4n) is 1.87. The molecule has 0 saturated heterocycles. The van der Waals surface area contributed by atoms with Gasteiger partial charge in [-0.05, 0) is 35.9 Å². The number of carbonyl (C=O) groups is 1. The van der Waals surface area contributed by atoms with Crippen molar-refractivity contribution in [1.82, 2.24) is 0 Å². The second-order valence-corrected chi connectivity index (χ2v) is 4.48. The van der Waals surface area contributed by atoms with E-state index in [1.54, 1.807) is 6.07 Å². The maximum Gasteiger partial charge on any atom is 0.417 e. The lowest BCUT2D eigenvalue weighted by atomic mass is 10.0. The SMILES string of the molecule is N#Cc1ccc(C(=O)/C=C(\c2ccccc2)C(F)(F)F)cc1. The predicted octanol–water partition coefficient (Wildman–Crippen LogP) is 4.39. The van der Waals surface area contributed by atoms with Gasteiger partial charge >= 0.3 is 6.18 Å². The molecule has 2 aromatic carbocycles. The van der Waals surface area contributed by atoms with E-state index in [-0.39, 0.29) is 11.1 Å². The highest BCUT2D eigenvalue weighted by Crippen LogP contribution is 2.34. The quantitative estimate of drug-likeness (QED) is 0.623. The van der Waals surface area contributed by atoms with E-state index in [0.717, 1.165) is 0 Å². The molecule has 0 aliphatic heterocycles. The first-order valence-corrected chi connectivity index (χ1v) is 6.30. The van der Waals surface area contributed by atoms with Crippen molar-refractivity contribution in [3.8, 4) is 6.07 Å². The number of alkyl halides is 3. The van der Waals surface area contributed by atoms with E-state index in [9.17, 15) is 18.0 Å². The van der Waals surface area contributed by atoms with Gasteiger partial charge in [0, 0.05) is 5.56 Å². The van der Waals surface area contributed by atoms with Gasteiger partial charge in [0.2, 0.25) is 0 Å². The Hall–Kier alpha value is -2.87. The maximum absolute atomic E-state index is 13.1. The van der Waals surface area contributed by atoms with Crippen LogP contribution in [0.25, 0.3) is 5.57 Å². The summed E-state index contributed by atoms with van der Waals surface area (Å²) in [6.45, 7) is 0. The van der Waals surface area contributed by atoms with Gasteiger partial charge in [0.15, 0.2) is 5.78 Å². The number of rotatable bonds is 3. The van der Waals surface area contributed by atoms with Gasteiger partial charge in [-0.15, -0.1) is 0 Å². The van der Waals surface area contributed by atoms with Crippen molar-refractivity contribution in [2.45, 2.75) is 6.18 Å². The van der Waals surface area contributed by atoms with Crippen LogP contribution >= 0.6 is 0 Å². The van der Waals surface area contributed by atoms with Crippen molar-refractivity contribution >= 4 is 11.4 Å². The summed E-state index contributed by atoms with van der Waals surface area (Å²) < 4.78 is 39.4. The number of hydrogen-bond acceptors (Lipinski definition) is 2. The summed E-state index contributed by atoms with van der Waals surface area (Å²) in [5.41, 5.74) is -0.643. The van der Waals surface area contributed by atoms with Crippen molar-refractivity contribution in [3.05, 3.63) is 77.4 Å². The van der Waals surface area contributed by atoms with Crippen LogP contribution in [0.4, 0.5) is 13.2 Å². The molecule has 2 aromatic rings. The molecule has 2 rings (SSSR count). The number of benzene rings is 2. The summed E-state index contributed by atoms with van der Waals surface area (Å²) in [6.07, 6.45) is -4.06. The van der Waals surface area contributed by atoms with E-state index in [1.165, 1.54) is 48.5 Å². The van der Waals surface area contributed by atoms with Crippen molar-refractivity contribution in [2.75, 3.05) is 0 Å². The molecule has 0 heterocycles. The molecule has 22 heavy (non-hydrogen) atoms. The monoisotopic (exact) mass is 301 g/mol. The highest BCUT2D eigenvalue weighted by atomic mass is 19.4. The molecule has 0 atom stereocenters. The molecule has 0 saturated carbocycles. The predicted molar refractivity (Wildman–Crippen MR) is 76.0 cm³/mol. The zero-order valence-electron chi connectivity index (χ0n) is 11.3. The average Bonchev–Trinajstić information content (AvgIpc) is 2.52. The molecule has 0 aromatic heterocycles. The third-order valence-electron chi connectivity index (χ3n) is 2.96. The van der Waals surface area contributed by atoms with E-state index < -0.39 is 17.5 Å². The molecule has 0 amide bonds. The average molecular weight is 301 g/mol. The number of ketones is 1. The lowest BCUT2D eigenvalue weighted by Crippen LogP contribution is -2.12.